The third-order valence-corrected chi connectivity index (χ3v) is 4.51. The predicted octanol–water partition coefficient (Wildman–Crippen LogP) is 4.76. The lowest BCUT2D eigenvalue weighted by molar-refractivity contribution is 0.0911. The van der Waals surface area contributed by atoms with Crippen molar-refractivity contribution in [3.8, 4) is 0 Å². The zero-order valence-corrected chi connectivity index (χ0v) is 14.5. The first-order chi connectivity index (χ1) is 12.0. The first-order valence-electron chi connectivity index (χ1n) is 7.97. The number of H-pyrrole nitrogens is 1. The summed E-state index contributed by atoms with van der Waals surface area (Å²) in [5, 5.41) is 4.38. The summed E-state index contributed by atoms with van der Waals surface area (Å²) in [6, 6.07) is 12.8. The number of aryl methyl sites for hydroxylation is 1. The summed E-state index contributed by atoms with van der Waals surface area (Å²) in [5.41, 5.74) is 3.22. The number of nitrogens with one attached hydrogen (secondary N) is 2. The van der Waals surface area contributed by atoms with Crippen molar-refractivity contribution in [2.24, 2.45) is 0 Å². The maximum Gasteiger partial charge on any atom is 0.287 e. The minimum Gasteiger partial charge on any atom is -0.451 e. The Labute approximate surface area is 149 Å². The minimum absolute atomic E-state index is 0.280. The maximum absolute atomic E-state index is 12.6. The van der Waals surface area contributed by atoms with E-state index in [9.17, 15) is 4.79 Å². The van der Waals surface area contributed by atoms with Gasteiger partial charge in [0.25, 0.3) is 5.91 Å². The summed E-state index contributed by atoms with van der Waals surface area (Å²) < 4.78 is 5.71. The van der Waals surface area contributed by atoms with Crippen molar-refractivity contribution in [2.45, 2.75) is 19.9 Å². The Morgan fingerprint density at radius 3 is 2.88 bits per heavy atom. The fraction of sp³-hybridized carbons (Fsp3) is 0.158. The lowest BCUT2D eigenvalue weighted by Crippen LogP contribution is -2.27. The van der Waals surface area contributed by atoms with Gasteiger partial charge in [0.1, 0.15) is 11.4 Å². The van der Waals surface area contributed by atoms with Crippen LogP contribution < -0.4 is 5.32 Å². The molecular weight excluding hydrogens is 338 g/mol. The SMILES string of the molecule is Cc1c(C(=O)NC(C)c2nc3ccccc3[nH]2)oc2ccc(Cl)cc12. The minimum atomic E-state index is -0.281. The highest BCUT2D eigenvalue weighted by molar-refractivity contribution is 6.31. The zero-order valence-electron chi connectivity index (χ0n) is 13.8. The summed E-state index contributed by atoms with van der Waals surface area (Å²) >= 11 is 6.03. The van der Waals surface area contributed by atoms with Crippen molar-refractivity contribution in [2.75, 3.05) is 0 Å². The number of rotatable bonds is 3. The molecule has 0 saturated carbocycles. The number of furan rings is 1. The van der Waals surface area contributed by atoms with E-state index >= 15 is 0 Å². The number of hydrogen-bond acceptors (Lipinski definition) is 3. The highest BCUT2D eigenvalue weighted by Gasteiger charge is 2.21. The fourth-order valence-electron chi connectivity index (χ4n) is 2.92. The largest absolute Gasteiger partial charge is 0.451 e. The summed E-state index contributed by atoms with van der Waals surface area (Å²) in [6.07, 6.45) is 0. The van der Waals surface area contributed by atoms with Gasteiger partial charge in [-0.1, -0.05) is 23.7 Å². The van der Waals surface area contributed by atoms with E-state index in [1.807, 2.05) is 38.1 Å². The van der Waals surface area contributed by atoms with E-state index < -0.39 is 0 Å². The molecule has 1 amide bonds. The van der Waals surface area contributed by atoms with Crippen molar-refractivity contribution in [3.05, 3.63) is 64.6 Å². The Bertz CT molecular complexity index is 1060. The van der Waals surface area contributed by atoms with Crippen LogP contribution in [0, 0.1) is 6.92 Å². The molecule has 0 radical (unpaired) electrons. The van der Waals surface area contributed by atoms with Crippen LogP contribution >= 0.6 is 11.6 Å². The molecule has 126 valence electrons. The van der Waals surface area contributed by atoms with Crippen LogP contribution in [0.15, 0.2) is 46.9 Å². The van der Waals surface area contributed by atoms with Gasteiger partial charge in [-0.15, -0.1) is 0 Å². The van der Waals surface area contributed by atoms with Gasteiger partial charge in [0.15, 0.2) is 5.76 Å². The van der Waals surface area contributed by atoms with Gasteiger partial charge in [-0.3, -0.25) is 4.79 Å². The van der Waals surface area contributed by atoms with Crippen LogP contribution in [0.1, 0.15) is 34.9 Å². The number of imidazole rings is 1. The Kier molecular flexibility index (Phi) is 3.73. The molecule has 0 aliphatic carbocycles. The number of amides is 1. The molecule has 0 saturated heterocycles. The van der Waals surface area contributed by atoms with Gasteiger partial charge < -0.3 is 14.7 Å². The van der Waals surface area contributed by atoms with Gasteiger partial charge in [-0.05, 0) is 44.2 Å². The summed E-state index contributed by atoms with van der Waals surface area (Å²) in [7, 11) is 0. The number of carbonyl (C=O) groups excluding carboxylic acids is 1. The van der Waals surface area contributed by atoms with Crippen LogP contribution in [-0.4, -0.2) is 15.9 Å². The molecule has 2 aromatic heterocycles. The normalized spacial score (nSPS) is 12.6. The molecule has 4 aromatic rings. The number of aromatic amines is 1. The molecule has 0 aliphatic rings. The van der Waals surface area contributed by atoms with Crippen molar-refractivity contribution >= 4 is 39.5 Å². The Morgan fingerprint density at radius 2 is 2.08 bits per heavy atom. The van der Waals surface area contributed by atoms with Crippen molar-refractivity contribution in [3.63, 3.8) is 0 Å². The van der Waals surface area contributed by atoms with Gasteiger partial charge in [0.05, 0.1) is 17.1 Å². The molecule has 5 nitrogen and oxygen atoms in total. The van der Waals surface area contributed by atoms with E-state index in [4.69, 9.17) is 16.0 Å². The quantitative estimate of drug-likeness (QED) is 0.557. The molecule has 1 unspecified atom stereocenters. The third-order valence-electron chi connectivity index (χ3n) is 4.27. The molecular formula is C19H16ClN3O2. The summed E-state index contributed by atoms with van der Waals surface area (Å²) in [6.45, 7) is 3.73. The molecule has 0 fully saturated rings. The molecule has 0 aliphatic heterocycles. The molecule has 6 heteroatoms. The standard InChI is InChI=1S/C19H16ClN3O2/c1-10-13-9-12(20)7-8-16(13)25-17(10)19(24)21-11(2)18-22-14-5-3-4-6-15(14)23-18/h3-9,11H,1-2H3,(H,21,24)(H,22,23). The van der Waals surface area contributed by atoms with E-state index in [0.717, 1.165) is 22.0 Å². The number of carbonyl (C=O) groups is 1. The van der Waals surface area contributed by atoms with Gasteiger partial charge in [0, 0.05) is 16.0 Å². The maximum atomic E-state index is 12.6. The van der Waals surface area contributed by atoms with E-state index in [1.54, 1.807) is 18.2 Å². The van der Waals surface area contributed by atoms with Crippen molar-refractivity contribution < 1.29 is 9.21 Å². The molecule has 25 heavy (non-hydrogen) atoms. The highest BCUT2D eigenvalue weighted by atomic mass is 35.5. The van der Waals surface area contributed by atoms with Crippen LogP contribution in [0.5, 0.6) is 0 Å². The van der Waals surface area contributed by atoms with Crippen molar-refractivity contribution in [1.29, 1.82) is 0 Å². The molecule has 0 spiro atoms. The van der Waals surface area contributed by atoms with Crippen LogP contribution in [0.3, 0.4) is 0 Å². The van der Waals surface area contributed by atoms with E-state index in [2.05, 4.69) is 15.3 Å². The average molecular weight is 354 g/mol. The van der Waals surface area contributed by atoms with Gasteiger partial charge in [-0.25, -0.2) is 4.98 Å². The van der Waals surface area contributed by atoms with Crippen molar-refractivity contribution in [1.82, 2.24) is 15.3 Å². The topological polar surface area (TPSA) is 70.9 Å². The molecule has 4 rings (SSSR count). The lowest BCUT2D eigenvalue weighted by Gasteiger charge is -2.10. The van der Waals surface area contributed by atoms with Gasteiger partial charge in [-0.2, -0.15) is 0 Å². The zero-order chi connectivity index (χ0) is 17.6. The smallest absolute Gasteiger partial charge is 0.287 e. The monoisotopic (exact) mass is 353 g/mol. The highest BCUT2D eigenvalue weighted by Crippen LogP contribution is 2.28. The number of nitrogens with zero attached hydrogens (tertiary/aromatic N) is 1. The number of benzene rings is 2. The Balaban J connectivity index is 1.62. The number of aromatic nitrogens is 2. The first-order valence-corrected chi connectivity index (χ1v) is 8.35. The lowest BCUT2D eigenvalue weighted by atomic mass is 10.1. The number of halogens is 1. The number of para-hydroxylation sites is 2. The molecule has 2 heterocycles. The third kappa shape index (κ3) is 2.76. The van der Waals surface area contributed by atoms with Gasteiger partial charge in [0.2, 0.25) is 0 Å². The summed E-state index contributed by atoms with van der Waals surface area (Å²) in [5.74, 6) is 0.712. The Hall–Kier alpha value is -2.79. The van der Waals surface area contributed by atoms with Crippen LogP contribution in [0.2, 0.25) is 5.02 Å². The van der Waals surface area contributed by atoms with Crippen LogP contribution in [-0.2, 0) is 0 Å². The van der Waals surface area contributed by atoms with E-state index in [0.29, 0.717) is 22.2 Å². The molecule has 0 bridgehead atoms. The second-order valence-corrected chi connectivity index (χ2v) is 6.47. The predicted molar refractivity (Wildman–Crippen MR) is 97.9 cm³/mol. The van der Waals surface area contributed by atoms with Crippen LogP contribution in [0.4, 0.5) is 0 Å². The van der Waals surface area contributed by atoms with Crippen LogP contribution in [0.25, 0.3) is 22.0 Å². The Morgan fingerprint density at radius 1 is 1.28 bits per heavy atom. The van der Waals surface area contributed by atoms with E-state index in [1.165, 1.54) is 0 Å². The average Bonchev–Trinajstić information content (AvgIpc) is 3.17. The van der Waals surface area contributed by atoms with Gasteiger partial charge >= 0.3 is 0 Å². The number of hydrogen-bond donors (Lipinski definition) is 2. The second-order valence-electron chi connectivity index (χ2n) is 6.03. The molecule has 2 aromatic carbocycles. The summed E-state index contributed by atoms with van der Waals surface area (Å²) in [4.78, 5) is 20.4. The molecule has 1 atom stereocenters. The first kappa shape index (κ1) is 15.7. The number of fused-ring (bicyclic) bond motifs is 2. The fourth-order valence-corrected chi connectivity index (χ4v) is 3.09. The van der Waals surface area contributed by atoms with E-state index in [-0.39, 0.29) is 11.9 Å². The molecule has 2 N–H and O–H groups in total. The second kappa shape index (κ2) is 5.93.